The molecule has 0 aromatic heterocycles. The van der Waals surface area contributed by atoms with Crippen molar-refractivity contribution >= 4 is 17.7 Å². The van der Waals surface area contributed by atoms with Gasteiger partial charge in [0.25, 0.3) is 0 Å². The van der Waals surface area contributed by atoms with Gasteiger partial charge in [-0.3, -0.25) is 9.59 Å². The molecule has 0 saturated carbocycles. The number of Topliss-reactive ketones (excluding diaryl/α,β-unsaturated/α-hetero) is 1. The zero-order chi connectivity index (χ0) is 20.0. The number of benzene rings is 2. The van der Waals surface area contributed by atoms with Crippen LogP contribution in [0, 0.1) is 11.3 Å². The lowest BCUT2D eigenvalue weighted by Crippen LogP contribution is -2.37. The lowest BCUT2D eigenvalue weighted by molar-refractivity contribution is -0.163. The Morgan fingerprint density at radius 3 is 2.07 bits per heavy atom. The van der Waals surface area contributed by atoms with Crippen molar-refractivity contribution < 1.29 is 29.0 Å². The van der Waals surface area contributed by atoms with Crippen molar-refractivity contribution in [2.24, 2.45) is 0 Å². The number of aliphatic carboxylic acids is 1. The van der Waals surface area contributed by atoms with Crippen molar-refractivity contribution in [1.82, 2.24) is 0 Å². The summed E-state index contributed by atoms with van der Waals surface area (Å²) in [6.07, 6.45) is -1.70. The summed E-state index contributed by atoms with van der Waals surface area (Å²) in [5, 5.41) is 18.4. The third-order valence-corrected chi connectivity index (χ3v) is 3.89. The van der Waals surface area contributed by atoms with Crippen molar-refractivity contribution in [3.05, 3.63) is 65.2 Å². The number of nitrogens with zero attached hydrogens (tertiary/aromatic N) is 1. The van der Waals surface area contributed by atoms with E-state index in [0.717, 1.165) is 6.92 Å². The van der Waals surface area contributed by atoms with E-state index in [4.69, 9.17) is 14.7 Å². The molecule has 2 unspecified atom stereocenters. The predicted octanol–water partition coefficient (Wildman–Crippen LogP) is 2.55. The summed E-state index contributed by atoms with van der Waals surface area (Å²) in [5.41, 5.74) is 0.925. The molecule has 2 atom stereocenters. The maximum Gasteiger partial charge on any atom is 0.346 e. The summed E-state index contributed by atoms with van der Waals surface area (Å²) >= 11 is 0. The number of ether oxygens (including phenoxy) is 2. The first-order valence-corrected chi connectivity index (χ1v) is 7.95. The monoisotopic (exact) mass is 367 g/mol. The highest BCUT2D eigenvalue weighted by Crippen LogP contribution is 2.29. The highest BCUT2D eigenvalue weighted by Gasteiger charge is 2.38. The number of hydrogen-bond acceptors (Lipinski definition) is 6. The van der Waals surface area contributed by atoms with Gasteiger partial charge in [0.05, 0.1) is 24.7 Å². The fraction of sp³-hybridized carbons (Fsp3) is 0.200. The minimum atomic E-state index is -1.70. The zero-order valence-electron chi connectivity index (χ0n) is 14.7. The fourth-order valence-corrected chi connectivity index (χ4v) is 2.60. The summed E-state index contributed by atoms with van der Waals surface area (Å²) in [6.45, 7) is 1.08. The first kappa shape index (κ1) is 19.7. The number of carbonyl (C=O) groups is 3. The second kappa shape index (κ2) is 8.63. The van der Waals surface area contributed by atoms with Crippen LogP contribution in [0.1, 0.15) is 34.3 Å². The highest BCUT2D eigenvalue weighted by molar-refractivity contribution is 6.04. The normalized spacial score (nSPS) is 12.3. The predicted molar refractivity (Wildman–Crippen MR) is 94.4 cm³/mol. The van der Waals surface area contributed by atoms with Gasteiger partial charge in [0.2, 0.25) is 6.10 Å². The van der Waals surface area contributed by atoms with Crippen LogP contribution in [0.25, 0.3) is 0 Å². The van der Waals surface area contributed by atoms with E-state index < -0.39 is 29.7 Å². The van der Waals surface area contributed by atoms with E-state index in [0.29, 0.717) is 16.9 Å². The van der Waals surface area contributed by atoms with Crippen LogP contribution in [0.2, 0.25) is 0 Å². The molecule has 7 nitrogen and oxygen atoms in total. The van der Waals surface area contributed by atoms with Gasteiger partial charge in [0, 0.05) is 12.5 Å². The van der Waals surface area contributed by atoms with Crippen molar-refractivity contribution in [3.63, 3.8) is 0 Å². The highest BCUT2D eigenvalue weighted by atomic mass is 16.6. The molecule has 0 amide bonds. The van der Waals surface area contributed by atoms with Crippen molar-refractivity contribution in [3.8, 4) is 11.8 Å². The molecular weight excluding hydrogens is 350 g/mol. The number of ketones is 1. The Labute approximate surface area is 155 Å². The summed E-state index contributed by atoms with van der Waals surface area (Å²) < 4.78 is 10.0. The van der Waals surface area contributed by atoms with Crippen LogP contribution in [-0.4, -0.2) is 36.0 Å². The lowest BCUT2D eigenvalue weighted by atomic mass is 9.85. The number of rotatable bonds is 7. The van der Waals surface area contributed by atoms with E-state index in [2.05, 4.69) is 0 Å². The van der Waals surface area contributed by atoms with E-state index >= 15 is 0 Å². The number of hydrogen-bond donors (Lipinski definition) is 1. The van der Waals surface area contributed by atoms with E-state index in [1.807, 2.05) is 6.07 Å². The Morgan fingerprint density at radius 1 is 1.04 bits per heavy atom. The SMILES string of the molecule is COc1ccc(C(C(=O)c2ccc(C#N)cc2)C(OC(C)=O)C(=O)O)cc1. The maximum atomic E-state index is 13.1. The molecule has 2 aromatic rings. The average molecular weight is 367 g/mol. The Balaban J connectivity index is 2.52. The zero-order valence-corrected chi connectivity index (χ0v) is 14.7. The summed E-state index contributed by atoms with van der Waals surface area (Å²) in [6, 6.07) is 14.0. The van der Waals surface area contributed by atoms with Crippen LogP contribution < -0.4 is 4.74 Å². The van der Waals surface area contributed by atoms with Gasteiger partial charge >= 0.3 is 11.9 Å². The van der Waals surface area contributed by atoms with Gasteiger partial charge in [-0.25, -0.2) is 4.79 Å². The molecule has 0 radical (unpaired) electrons. The van der Waals surface area contributed by atoms with Gasteiger partial charge in [0.15, 0.2) is 5.78 Å². The second-order valence-corrected chi connectivity index (χ2v) is 5.67. The fourth-order valence-electron chi connectivity index (χ4n) is 2.60. The van der Waals surface area contributed by atoms with Gasteiger partial charge < -0.3 is 14.6 Å². The van der Waals surface area contributed by atoms with Crippen LogP contribution in [0.5, 0.6) is 5.75 Å². The number of nitriles is 1. The quantitative estimate of drug-likeness (QED) is 0.591. The van der Waals surface area contributed by atoms with Gasteiger partial charge in [-0.15, -0.1) is 0 Å². The molecule has 0 bridgehead atoms. The van der Waals surface area contributed by atoms with Crippen molar-refractivity contribution in [2.75, 3.05) is 7.11 Å². The van der Waals surface area contributed by atoms with Gasteiger partial charge in [-0.05, 0) is 29.8 Å². The molecule has 27 heavy (non-hydrogen) atoms. The first-order valence-electron chi connectivity index (χ1n) is 7.95. The molecule has 0 heterocycles. The molecule has 0 aliphatic rings. The summed E-state index contributed by atoms with van der Waals surface area (Å²) in [4.78, 5) is 36.2. The Bertz CT molecular complexity index is 880. The van der Waals surface area contributed by atoms with Gasteiger partial charge in [-0.1, -0.05) is 24.3 Å². The number of carboxylic acid groups (broad SMARTS) is 1. The molecule has 7 heteroatoms. The van der Waals surface area contributed by atoms with Crippen molar-refractivity contribution in [2.45, 2.75) is 18.9 Å². The van der Waals surface area contributed by atoms with Crippen molar-refractivity contribution in [1.29, 1.82) is 5.26 Å². The van der Waals surface area contributed by atoms with Crippen LogP contribution in [0.3, 0.4) is 0 Å². The Morgan fingerprint density at radius 2 is 1.63 bits per heavy atom. The molecule has 0 aliphatic heterocycles. The van der Waals surface area contributed by atoms with E-state index in [-0.39, 0.29) is 5.56 Å². The number of esters is 1. The van der Waals surface area contributed by atoms with Crippen LogP contribution in [-0.2, 0) is 14.3 Å². The first-order chi connectivity index (χ1) is 12.9. The molecule has 0 aliphatic carbocycles. The topological polar surface area (TPSA) is 114 Å². The third kappa shape index (κ3) is 4.70. The molecule has 1 N–H and O–H groups in total. The van der Waals surface area contributed by atoms with E-state index in [1.54, 1.807) is 24.3 Å². The molecule has 2 aromatic carbocycles. The molecule has 2 rings (SSSR count). The lowest BCUT2D eigenvalue weighted by Gasteiger charge is -2.23. The summed E-state index contributed by atoms with van der Waals surface area (Å²) in [5.74, 6) is -3.52. The molecule has 0 spiro atoms. The van der Waals surface area contributed by atoms with Crippen LogP contribution >= 0.6 is 0 Å². The Kier molecular flexibility index (Phi) is 6.28. The van der Waals surface area contributed by atoms with Gasteiger partial charge in [-0.2, -0.15) is 5.26 Å². The maximum absolute atomic E-state index is 13.1. The standard InChI is InChI=1S/C20H17NO6/c1-12(22)27-19(20(24)25)17(14-7-9-16(26-2)10-8-14)18(23)15-5-3-13(11-21)4-6-15/h3-10,17,19H,1-2H3,(H,24,25). The largest absolute Gasteiger partial charge is 0.497 e. The number of carboxylic acids is 1. The minimum absolute atomic E-state index is 0.202. The average Bonchev–Trinajstić information content (AvgIpc) is 2.67. The number of carbonyl (C=O) groups excluding carboxylic acids is 2. The minimum Gasteiger partial charge on any atom is -0.497 e. The van der Waals surface area contributed by atoms with Crippen LogP contribution in [0.15, 0.2) is 48.5 Å². The molecular formula is C20H17NO6. The van der Waals surface area contributed by atoms with E-state index in [9.17, 15) is 19.5 Å². The smallest absolute Gasteiger partial charge is 0.346 e. The molecule has 0 saturated heterocycles. The summed E-state index contributed by atoms with van der Waals surface area (Å²) in [7, 11) is 1.48. The van der Waals surface area contributed by atoms with Crippen LogP contribution in [0.4, 0.5) is 0 Å². The second-order valence-electron chi connectivity index (χ2n) is 5.67. The molecule has 0 fully saturated rings. The van der Waals surface area contributed by atoms with E-state index in [1.165, 1.54) is 31.4 Å². The third-order valence-electron chi connectivity index (χ3n) is 3.89. The number of methoxy groups -OCH3 is 1. The Hall–Kier alpha value is -3.66. The molecule has 138 valence electrons. The van der Waals surface area contributed by atoms with Gasteiger partial charge in [0.1, 0.15) is 5.75 Å².